The summed E-state index contributed by atoms with van der Waals surface area (Å²) in [5, 5.41) is 0. The molecule has 0 bridgehead atoms. The van der Waals surface area contributed by atoms with Crippen LogP contribution in [0.3, 0.4) is 0 Å². The summed E-state index contributed by atoms with van der Waals surface area (Å²) in [7, 11) is -1.89. The Morgan fingerprint density at radius 3 is 2.57 bits per heavy atom. The molecule has 0 amide bonds. The van der Waals surface area contributed by atoms with Gasteiger partial charge in [-0.1, -0.05) is 42.5 Å². The fraction of sp³-hybridized carbons (Fsp3) is 0.250. The van der Waals surface area contributed by atoms with E-state index in [4.69, 9.17) is 9.47 Å². The van der Waals surface area contributed by atoms with Gasteiger partial charge in [-0.05, 0) is 11.6 Å². The lowest BCUT2D eigenvalue weighted by Crippen LogP contribution is -2.08. The molecule has 1 aliphatic rings. The molecule has 2 aromatic rings. The topological polar surface area (TPSA) is 52.6 Å². The van der Waals surface area contributed by atoms with Gasteiger partial charge >= 0.3 is 0 Å². The molecule has 110 valence electrons. The highest BCUT2D eigenvalue weighted by molar-refractivity contribution is 7.91. The number of benzene rings is 2. The molecule has 0 fully saturated rings. The van der Waals surface area contributed by atoms with E-state index < -0.39 is 15.3 Å². The molecular formula is C16H16O4S. The van der Waals surface area contributed by atoms with Gasteiger partial charge in [0.1, 0.15) is 12.4 Å². The molecule has 21 heavy (non-hydrogen) atoms. The zero-order valence-corrected chi connectivity index (χ0v) is 12.5. The second kappa shape index (κ2) is 5.50. The predicted octanol–water partition coefficient (Wildman–Crippen LogP) is 2.84. The fourth-order valence-corrected chi connectivity index (χ4v) is 4.34. The van der Waals surface area contributed by atoms with Crippen molar-refractivity contribution in [2.45, 2.75) is 17.8 Å². The third-order valence-corrected chi connectivity index (χ3v) is 5.34. The third kappa shape index (κ3) is 2.66. The minimum Gasteiger partial charge on any atom is -0.489 e. The highest BCUT2D eigenvalue weighted by Gasteiger charge is 2.38. The van der Waals surface area contributed by atoms with Gasteiger partial charge in [-0.3, -0.25) is 0 Å². The van der Waals surface area contributed by atoms with Crippen molar-refractivity contribution >= 4 is 9.84 Å². The Hall–Kier alpha value is -1.85. The summed E-state index contributed by atoms with van der Waals surface area (Å²) in [6.45, 7) is 0.412. The van der Waals surface area contributed by atoms with Crippen molar-refractivity contribution in [1.82, 2.24) is 0 Å². The van der Waals surface area contributed by atoms with Crippen molar-refractivity contribution in [3.8, 4) is 5.75 Å². The van der Waals surface area contributed by atoms with Gasteiger partial charge in [-0.15, -0.1) is 0 Å². The lowest BCUT2D eigenvalue weighted by molar-refractivity contribution is 0.168. The third-order valence-electron chi connectivity index (χ3n) is 3.55. The first kappa shape index (κ1) is 14.1. The van der Waals surface area contributed by atoms with E-state index in [1.165, 1.54) is 7.11 Å². The Morgan fingerprint density at radius 2 is 1.86 bits per heavy atom. The van der Waals surface area contributed by atoms with Crippen molar-refractivity contribution in [3.05, 3.63) is 65.2 Å². The van der Waals surface area contributed by atoms with Crippen LogP contribution in [0, 0.1) is 0 Å². The summed E-state index contributed by atoms with van der Waals surface area (Å²) >= 11 is 0. The second-order valence-electron chi connectivity index (χ2n) is 4.97. The van der Waals surface area contributed by atoms with E-state index in [2.05, 4.69) is 0 Å². The monoisotopic (exact) mass is 304 g/mol. The summed E-state index contributed by atoms with van der Waals surface area (Å²) in [6.07, 6.45) is 0. The van der Waals surface area contributed by atoms with E-state index in [1.807, 2.05) is 30.3 Å². The highest BCUT2D eigenvalue weighted by atomic mass is 32.2. The van der Waals surface area contributed by atoms with Crippen molar-refractivity contribution in [2.24, 2.45) is 0 Å². The zero-order valence-electron chi connectivity index (χ0n) is 11.7. The number of rotatable bonds is 4. The van der Waals surface area contributed by atoms with Crippen LogP contribution in [0.25, 0.3) is 0 Å². The first-order valence-corrected chi connectivity index (χ1v) is 8.36. The smallest absolute Gasteiger partial charge is 0.185 e. The SMILES string of the molecule is COC1c2cccc(OCc3ccccc3)c2CS1(=O)=O. The molecule has 4 nitrogen and oxygen atoms in total. The van der Waals surface area contributed by atoms with Gasteiger partial charge in [0.2, 0.25) is 0 Å². The predicted molar refractivity (Wildman–Crippen MR) is 79.6 cm³/mol. The zero-order chi connectivity index (χ0) is 14.9. The summed E-state index contributed by atoms with van der Waals surface area (Å²) in [6, 6.07) is 15.2. The number of methoxy groups -OCH3 is 1. The largest absolute Gasteiger partial charge is 0.489 e. The molecule has 1 heterocycles. The molecule has 3 rings (SSSR count). The van der Waals surface area contributed by atoms with Crippen LogP contribution in [0.4, 0.5) is 0 Å². The van der Waals surface area contributed by atoms with Gasteiger partial charge in [0.05, 0.1) is 5.75 Å². The van der Waals surface area contributed by atoms with E-state index in [-0.39, 0.29) is 5.75 Å². The van der Waals surface area contributed by atoms with E-state index >= 15 is 0 Å². The van der Waals surface area contributed by atoms with Crippen molar-refractivity contribution in [1.29, 1.82) is 0 Å². The molecule has 5 heteroatoms. The molecule has 0 spiro atoms. The molecule has 0 radical (unpaired) electrons. The van der Waals surface area contributed by atoms with Crippen LogP contribution >= 0.6 is 0 Å². The Labute approximate surface area is 124 Å². The van der Waals surface area contributed by atoms with Crippen LogP contribution < -0.4 is 4.74 Å². The van der Waals surface area contributed by atoms with Gasteiger partial charge in [-0.2, -0.15) is 0 Å². The van der Waals surface area contributed by atoms with E-state index in [0.717, 1.165) is 5.56 Å². The van der Waals surface area contributed by atoms with Gasteiger partial charge in [-0.25, -0.2) is 8.42 Å². The first-order valence-electron chi connectivity index (χ1n) is 6.64. The molecule has 0 aliphatic carbocycles. The normalized spacial score (nSPS) is 19.2. The molecule has 0 saturated heterocycles. The summed E-state index contributed by atoms with van der Waals surface area (Å²) in [4.78, 5) is 0. The Balaban J connectivity index is 1.88. The Kier molecular flexibility index (Phi) is 3.69. The number of fused-ring (bicyclic) bond motifs is 1. The second-order valence-corrected chi connectivity index (χ2v) is 7.02. The van der Waals surface area contributed by atoms with Crippen molar-refractivity contribution < 1.29 is 17.9 Å². The lowest BCUT2D eigenvalue weighted by atomic mass is 10.1. The average Bonchev–Trinajstić information content (AvgIpc) is 2.75. The van der Waals surface area contributed by atoms with Gasteiger partial charge in [0.15, 0.2) is 15.3 Å². The van der Waals surface area contributed by atoms with Crippen LogP contribution in [0.2, 0.25) is 0 Å². The molecule has 2 aromatic carbocycles. The van der Waals surface area contributed by atoms with Gasteiger partial charge in [0.25, 0.3) is 0 Å². The molecule has 1 atom stereocenters. The molecular weight excluding hydrogens is 288 g/mol. The molecule has 1 aliphatic heterocycles. The maximum atomic E-state index is 12.1. The molecule has 0 aromatic heterocycles. The van der Waals surface area contributed by atoms with Crippen LogP contribution in [-0.2, 0) is 26.9 Å². The minimum atomic E-state index is -3.30. The summed E-state index contributed by atoms with van der Waals surface area (Å²) in [5.41, 5.74) is 1.55. The molecule has 0 saturated carbocycles. The van der Waals surface area contributed by atoms with E-state index in [9.17, 15) is 8.42 Å². The molecule has 1 unspecified atom stereocenters. The number of hydrogen-bond acceptors (Lipinski definition) is 4. The average molecular weight is 304 g/mol. The lowest BCUT2D eigenvalue weighted by Gasteiger charge is -2.11. The maximum absolute atomic E-state index is 12.1. The van der Waals surface area contributed by atoms with Gasteiger partial charge in [0, 0.05) is 18.2 Å². The van der Waals surface area contributed by atoms with Crippen LogP contribution in [0.5, 0.6) is 5.75 Å². The van der Waals surface area contributed by atoms with Crippen LogP contribution in [-0.4, -0.2) is 15.5 Å². The van der Waals surface area contributed by atoms with E-state index in [0.29, 0.717) is 23.5 Å². The Bertz CT molecular complexity index is 738. The maximum Gasteiger partial charge on any atom is 0.185 e. The van der Waals surface area contributed by atoms with E-state index in [1.54, 1.807) is 18.2 Å². The molecule has 0 N–H and O–H groups in total. The number of sulfone groups is 1. The van der Waals surface area contributed by atoms with Gasteiger partial charge < -0.3 is 9.47 Å². The standard InChI is InChI=1S/C16H16O4S/c1-19-16-13-8-5-9-15(14(13)11-21(16,17)18)20-10-12-6-3-2-4-7-12/h2-9,16H,10-11H2,1H3. The number of ether oxygens (including phenoxy) is 2. The number of hydrogen-bond donors (Lipinski definition) is 0. The minimum absolute atomic E-state index is 0.0359. The fourth-order valence-electron chi connectivity index (χ4n) is 2.57. The van der Waals surface area contributed by atoms with Crippen molar-refractivity contribution in [2.75, 3.05) is 7.11 Å². The van der Waals surface area contributed by atoms with Crippen LogP contribution in [0.15, 0.2) is 48.5 Å². The summed E-state index contributed by atoms with van der Waals surface area (Å²) < 4.78 is 35.1. The first-order chi connectivity index (χ1) is 10.1. The highest BCUT2D eigenvalue weighted by Crippen LogP contribution is 2.41. The van der Waals surface area contributed by atoms with Crippen molar-refractivity contribution in [3.63, 3.8) is 0 Å². The Morgan fingerprint density at radius 1 is 1.10 bits per heavy atom. The summed E-state index contributed by atoms with van der Waals surface area (Å²) in [5.74, 6) is 0.575. The van der Waals surface area contributed by atoms with Crippen LogP contribution in [0.1, 0.15) is 22.1 Å². The quantitative estimate of drug-likeness (QED) is 0.871.